The standard InChI is InChI=1S/C15H16ClNOS/c1-11-3-2-4-12(7-11)9-19(18)10-13-5-6-14(17)8-15(13)16/h2-8H,9-10,17H2,1H3. The van der Waals surface area contributed by atoms with Crippen LogP contribution in [-0.2, 0) is 22.3 Å². The molecule has 0 radical (unpaired) electrons. The third kappa shape index (κ3) is 4.08. The predicted molar refractivity (Wildman–Crippen MR) is 82.6 cm³/mol. The van der Waals surface area contributed by atoms with Crippen LogP contribution < -0.4 is 5.73 Å². The molecule has 0 aliphatic heterocycles. The van der Waals surface area contributed by atoms with Crippen molar-refractivity contribution in [3.8, 4) is 0 Å². The van der Waals surface area contributed by atoms with Crippen molar-refractivity contribution in [1.82, 2.24) is 0 Å². The molecule has 0 amide bonds. The highest BCUT2D eigenvalue weighted by molar-refractivity contribution is 7.83. The van der Waals surface area contributed by atoms with Gasteiger partial charge in [0.25, 0.3) is 0 Å². The fourth-order valence-electron chi connectivity index (χ4n) is 1.89. The zero-order chi connectivity index (χ0) is 13.8. The number of nitrogens with two attached hydrogens (primary N) is 1. The summed E-state index contributed by atoms with van der Waals surface area (Å²) >= 11 is 6.09. The molecule has 2 N–H and O–H groups in total. The minimum Gasteiger partial charge on any atom is -0.399 e. The van der Waals surface area contributed by atoms with E-state index in [0.29, 0.717) is 22.2 Å². The average molecular weight is 294 g/mol. The van der Waals surface area contributed by atoms with Crippen molar-refractivity contribution in [2.75, 3.05) is 5.73 Å². The third-order valence-corrected chi connectivity index (χ3v) is 4.44. The lowest BCUT2D eigenvalue weighted by atomic mass is 10.2. The zero-order valence-corrected chi connectivity index (χ0v) is 12.3. The number of anilines is 1. The van der Waals surface area contributed by atoms with Crippen LogP contribution in [0.4, 0.5) is 5.69 Å². The van der Waals surface area contributed by atoms with Gasteiger partial charge < -0.3 is 5.73 Å². The lowest BCUT2D eigenvalue weighted by Gasteiger charge is -2.06. The van der Waals surface area contributed by atoms with Gasteiger partial charge in [-0.3, -0.25) is 4.21 Å². The fourth-order valence-corrected chi connectivity index (χ4v) is 3.48. The van der Waals surface area contributed by atoms with Crippen LogP contribution in [0.15, 0.2) is 42.5 Å². The number of nitrogen functional groups attached to an aromatic ring is 1. The molecule has 100 valence electrons. The first-order chi connectivity index (χ1) is 9.04. The molecular formula is C15H16ClNOS. The van der Waals surface area contributed by atoms with Crippen LogP contribution >= 0.6 is 11.6 Å². The Balaban J connectivity index is 2.05. The Morgan fingerprint density at radius 2 is 1.95 bits per heavy atom. The zero-order valence-electron chi connectivity index (χ0n) is 10.7. The molecule has 2 aromatic rings. The Morgan fingerprint density at radius 3 is 2.63 bits per heavy atom. The molecule has 2 aromatic carbocycles. The van der Waals surface area contributed by atoms with Crippen LogP contribution in [0, 0.1) is 6.92 Å². The van der Waals surface area contributed by atoms with E-state index in [1.54, 1.807) is 12.1 Å². The van der Waals surface area contributed by atoms with Crippen molar-refractivity contribution >= 4 is 28.1 Å². The summed E-state index contributed by atoms with van der Waals surface area (Å²) in [7, 11) is -0.972. The molecule has 0 heterocycles. The van der Waals surface area contributed by atoms with E-state index in [1.165, 1.54) is 5.56 Å². The summed E-state index contributed by atoms with van der Waals surface area (Å²) in [6.45, 7) is 2.03. The summed E-state index contributed by atoms with van der Waals surface area (Å²) in [5.41, 5.74) is 9.41. The summed E-state index contributed by atoms with van der Waals surface area (Å²) in [4.78, 5) is 0. The summed E-state index contributed by atoms with van der Waals surface area (Å²) < 4.78 is 12.2. The van der Waals surface area contributed by atoms with E-state index in [0.717, 1.165) is 11.1 Å². The lowest BCUT2D eigenvalue weighted by Crippen LogP contribution is -2.00. The molecule has 1 atom stereocenters. The SMILES string of the molecule is Cc1cccc(CS(=O)Cc2ccc(N)cc2Cl)c1. The van der Waals surface area contributed by atoms with Gasteiger partial charge in [-0.05, 0) is 30.2 Å². The van der Waals surface area contributed by atoms with Crippen molar-refractivity contribution < 1.29 is 4.21 Å². The summed E-state index contributed by atoms with van der Waals surface area (Å²) in [5, 5.41) is 0.581. The largest absolute Gasteiger partial charge is 0.399 e. The van der Waals surface area contributed by atoms with Crippen molar-refractivity contribution in [2.45, 2.75) is 18.4 Å². The predicted octanol–water partition coefficient (Wildman–Crippen LogP) is 3.68. The molecule has 19 heavy (non-hydrogen) atoms. The van der Waals surface area contributed by atoms with Crippen molar-refractivity contribution in [2.24, 2.45) is 0 Å². The quantitative estimate of drug-likeness (QED) is 0.874. The van der Waals surface area contributed by atoms with Crippen LogP contribution in [0.2, 0.25) is 5.02 Å². The maximum absolute atomic E-state index is 12.2. The molecule has 0 aromatic heterocycles. The molecule has 0 fully saturated rings. The van der Waals surface area contributed by atoms with Crippen molar-refractivity contribution in [1.29, 1.82) is 0 Å². The van der Waals surface area contributed by atoms with E-state index in [9.17, 15) is 4.21 Å². The molecular weight excluding hydrogens is 278 g/mol. The van der Waals surface area contributed by atoms with Gasteiger partial charge in [-0.2, -0.15) is 0 Å². The summed E-state index contributed by atoms with van der Waals surface area (Å²) in [6.07, 6.45) is 0. The number of hydrogen-bond donors (Lipinski definition) is 1. The Labute approximate surface area is 121 Å². The van der Waals surface area contributed by atoms with Crippen molar-refractivity contribution in [3.05, 3.63) is 64.2 Å². The number of aryl methyl sites for hydroxylation is 1. The number of benzene rings is 2. The van der Waals surface area contributed by atoms with Crippen LogP contribution in [0.5, 0.6) is 0 Å². The van der Waals surface area contributed by atoms with Gasteiger partial charge in [-0.25, -0.2) is 0 Å². The van der Waals surface area contributed by atoms with Gasteiger partial charge in [0.15, 0.2) is 0 Å². The van der Waals surface area contributed by atoms with E-state index in [-0.39, 0.29) is 0 Å². The number of hydrogen-bond acceptors (Lipinski definition) is 2. The number of rotatable bonds is 4. The Morgan fingerprint density at radius 1 is 1.16 bits per heavy atom. The van der Waals surface area contributed by atoms with Crippen LogP contribution in [0.25, 0.3) is 0 Å². The van der Waals surface area contributed by atoms with Gasteiger partial charge in [-0.15, -0.1) is 0 Å². The smallest absolute Gasteiger partial charge is 0.0503 e. The van der Waals surface area contributed by atoms with Gasteiger partial charge in [0, 0.05) is 27.3 Å². The topological polar surface area (TPSA) is 43.1 Å². The minimum atomic E-state index is -0.972. The normalized spacial score (nSPS) is 12.3. The minimum absolute atomic E-state index is 0.451. The highest BCUT2D eigenvalue weighted by Crippen LogP contribution is 2.21. The van der Waals surface area contributed by atoms with Crippen LogP contribution in [0.1, 0.15) is 16.7 Å². The maximum atomic E-state index is 12.2. The molecule has 0 saturated heterocycles. The van der Waals surface area contributed by atoms with Gasteiger partial charge in [0.1, 0.15) is 0 Å². The first-order valence-electron chi connectivity index (χ1n) is 5.99. The van der Waals surface area contributed by atoms with Gasteiger partial charge in [-0.1, -0.05) is 47.5 Å². The van der Waals surface area contributed by atoms with Crippen LogP contribution in [0.3, 0.4) is 0 Å². The van der Waals surface area contributed by atoms with E-state index in [4.69, 9.17) is 17.3 Å². The first kappa shape index (κ1) is 14.1. The van der Waals surface area contributed by atoms with Gasteiger partial charge >= 0.3 is 0 Å². The van der Waals surface area contributed by atoms with Gasteiger partial charge in [0.05, 0.1) is 5.75 Å². The van der Waals surface area contributed by atoms with E-state index < -0.39 is 10.8 Å². The second-order valence-corrected chi connectivity index (χ2v) is 6.43. The van der Waals surface area contributed by atoms with E-state index in [1.807, 2.05) is 31.2 Å². The Bertz CT molecular complexity index is 613. The third-order valence-electron chi connectivity index (χ3n) is 2.80. The summed E-state index contributed by atoms with van der Waals surface area (Å²) in [6, 6.07) is 13.4. The maximum Gasteiger partial charge on any atom is 0.0503 e. The highest BCUT2D eigenvalue weighted by atomic mass is 35.5. The molecule has 1 unspecified atom stereocenters. The van der Waals surface area contributed by atoms with E-state index in [2.05, 4.69) is 6.07 Å². The van der Waals surface area contributed by atoms with E-state index >= 15 is 0 Å². The molecule has 0 bridgehead atoms. The molecule has 0 saturated carbocycles. The molecule has 0 spiro atoms. The van der Waals surface area contributed by atoms with Crippen LogP contribution in [-0.4, -0.2) is 4.21 Å². The van der Waals surface area contributed by atoms with Gasteiger partial charge in [0.2, 0.25) is 0 Å². The molecule has 2 rings (SSSR count). The Hall–Kier alpha value is -1.32. The number of halogens is 1. The molecule has 2 nitrogen and oxygen atoms in total. The monoisotopic (exact) mass is 293 g/mol. The molecule has 0 aliphatic carbocycles. The second-order valence-electron chi connectivity index (χ2n) is 4.57. The first-order valence-corrected chi connectivity index (χ1v) is 7.85. The highest BCUT2D eigenvalue weighted by Gasteiger charge is 2.07. The fraction of sp³-hybridized carbons (Fsp3) is 0.200. The summed E-state index contributed by atoms with van der Waals surface area (Å²) in [5.74, 6) is 0.995. The molecule has 0 aliphatic rings. The Kier molecular flexibility index (Phi) is 4.61. The average Bonchev–Trinajstić information content (AvgIpc) is 2.33. The lowest BCUT2D eigenvalue weighted by molar-refractivity contribution is 0.682. The van der Waals surface area contributed by atoms with Crippen molar-refractivity contribution in [3.63, 3.8) is 0 Å². The molecule has 4 heteroatoms. The second kappa shape index (κ2) is 6.22.